The van der Waals surface area contributed by atoms with E-state index in [0.717, 1.165) is 32.1 Å². The zero-order valence-electron chi connectivity index (χ0n) is 13.8. The van der Waals surface area contributed by atoms with Crippen LogP contribution in [0.15, 0.2) is 0 Å². The first-order valence-corrected chi connectivity index (χ1v) is 8.14. The van der Waals surface area contributed by atoms with Crippen LogP contribution in [0.5, 0.6) is 0 Å². The average Bonchev–Trinajstić information content (AvgIpc) is 2.45. The fraction of sp³-hybridized carbons (Fsp3) is 0.812. The molecule has 0 unspecified atom stereocenters. The van der Waals surface area contributed by atoms with E-state index in [2.05, 4.69) is 11.4 Å². The molecule has 1 heterocycles. The van der Waals surface area contributed by atoms with Crippen LogP contribution in [0.2, 0.25) is 0 Å². The summed E-state index contributed by atoms with van der Waals surface area (Å²) >= 11 is 0. The fourth-order valence-corrected chi connectivity index (χ4v) is 3.22. The Morgan fingerprint density at radius 3 is 2.55 bits per heavy atom. The number of amides is 3. The van der Waals surface area contributed by atoms with Gasteiger partial charge in [0.1, 0.15) is 5.54 Å². The van der Waals surface area contributed by atoms with Gasteiger partial charge in [0.15, 0.2) is 0 Å². The zero-order valence-corrected chi connectivity index (χ0v) is 13.8. The molecule has 22 heavy (non-hydrogen) atoms. The van der Waals surface area contributed by atoms with Crippen molar-refractivity contribution in [3.05, 3.63) is 0 Å². The van der Waals surface area contributed by atoms with Crippen LogP contribution in [-0.2, 0) is 4.79 Å². The van der Waals surface area contributed by atoms with Crippen molar-refractivity contribution in [1.29, 1.82) is 5.26 Å². The van der Waals surface area contributed by atoms with Gasteiger partial charge in [-0.2, -0.15) is 5.26 Å². The number of rotatable bonds is 3. The Labute approximate surface area is 132 Å². The minimum Gasteiger partial charge on any atom is -0.336 e. The van der Waals surface area contributed by atoms with Gasteiger partial charge in [0.2, 0.25) is 5.91 Å². The van der Waals surface area contributed by atoms with Crippen molar-refractivity contribution in [3.8, 4) is 6.07 Å². The summed E-state index contributed by atoms with van der Waals surface area (Å²) in [4.78, 5) is 28.2. The van der Waals surface area contributed by atoms with Gasteiger partial charge < -0.3 is 15.1 Å². The van der Waals surface area contributed by atoms with Crippen LogP contribution in [0.1, 0.15) is 46.0 Å². The molecular formula is C16H26N4O2. The van der Waals surface area contributed by atoms with Crippen LogP contribution in [-0.4, -0.2) is 53.5 Å². The Bertz CT molecular complexity index is 479. The van der Waals surface area contributed by atoms with E-state index in [4.69, 9.17) is 0 Å². The van der Waals surface area contributed by atoms with Gasteiger partial charge >= 0.3 is 6.03 Å². The maximum Gasteiger partial charge on any atom is 0.317 e. The summed E-state index contributed by atoms with van der Waals surface area (Å²) in [6.07, 6.45) is 4.14. The molecular weight excluding hydrogens is 280 g/mol. The summed E-state index contributed by atoms with van der Waals surface area (Å²) in [7, 11) is 1.73. The van der Waals surface area contributed by atoms with E-state index >= 15 is 0 Å². The number of piperidine rings is 1. The molecule has 0 aromatic rings. The van der Waals surface area contributed by atoms with E-state index in [0.29, 0.717) is 13.1 Å². The van der Waals surface area contributed by atoms with E-state index < -0.39 is 5.54 Å². The van der Waals surface area contributed by atoms with Crippen molar-refractivity contribution in [2.24, 2.45) is 5.92 Å². The van der Waals surface area contributed by atoms with Gasteiger partial charge in [0.05, 0.1) is 12.0 Å². The third-order valence-electron chi connectivity index (χ3n) is 4.83. The molecule has 1 atom stereocenters. The Morgan fingerprint density at radius 1 is 1.36 bits per heavy atom. The smallest absolute Gasteiger partial charge is 0.317 e. The van der Waals surface area contributed by atoms with Crippen molar-refractivity contribution in [2.45, 2.75) is 57.5 Å². The Morgan fingerprint density at radius 2 is 2.05 bits per heavy atom. The predicted octanol–water partition coefficient (Wildman–Crippen LogP) is 1.72. The summed E-state index contributed by atoms with van der Waals surface area (Å²) in [6.45, 7) is 4.98. The monoisotopic (exact) mass is 306 g/mol. The van der Waals surface area contributed by atoms with Gasteiger partial charge in [-0.1, -0.05) is 0 Å². The zero-order chi connectivity index (χ0) is 16.3. The molecule has 1 aliphatic carbocycles. The van der Waals surface area contributed by atoms with Crippen LogP contribution in [0, 0.1) is 17.2 Å². The van der Waals surface area contributed by atoms with Crippen molar-refractivity contribution in [2.75, 3.05) is 20.1 Å². The number of carbonyl (C=O) groups is 2. The Hall–Kier alpha value is -1.77. The number of urea groups is 1. The van der Waals surface area contributed by atoms with Gasteiger partial charge in [-0.3, -0.25) is 4.79 Å². The van der Waals surface area contributed by atoms with Crippen molar-refractivity contribution >= 4 is 11.9 Å². The van der Waals surface area contributed by atoms with E-state index in [1.165, 1.54) is 0 Å². The van der Waals surface area contributed by atoms with E-state index in [1.807, 2.05) is 13.8 Å². The standard InChI is InChI=1S/C16H26N4O2/c1-12(2)18-15(22)20-9-4-6-13(10-20)14(21)19(3)16(11-17)7-5-8-16/h12-13H,4-10H2,1-3H3,(H,18,22)/t13-/m0/s1. The molecule has 1 aliphatic heterocycles. The summed E-state index contributed by atoms with van der Waals surface area (Å²) in [6, 6.07) is 2.29. The molecule has 0 aromatic heterocycles. The first-order chi connectivity index (χ1) is 10.4. The molecule has 1 saturated heterocycles. The molecule has 1 saturated carbocycles. The fourth-order valence-electron chi connectivity index (χ4n) is 3.22. The Balaban J connectivity index is 1.98. The highest BCUT2D eigenvalue weighted by molar-refractivity contribution is 5.82. The number of nitrogens with one attached hydrogen (secondary N) is 1. The number of likely N-dealkylation sites (tertiary alicyclic amines) is 1. The number of nitriles is 1. The molecule has 122 valence electrons. The summed E-state index contributed by atoms with van der Waals surface area (Å²) in [5.74, 6) is -0.189. The number of hydrogen-bond donors (Lipinski definition) is 1. The second-order valence-electron chi connectivity index (χ2n) is 6.78. The minimum absolute atomic E-state index is 0.00305. The molecule has 2 rings (SSSR count). The summed E-state index contributed by atoms with van der Waals surface area (Å²) in [5, 5.41) is 12.2. The van der Waals surface area contributed by atoms with Crippen LogP contribution in [0.3, 0.4) is 0 Å². The van der Waals surface area contributed by atoms with E-state index in [9.17, 15) is 14.9 Å². The SMILES string of the molecule is CC(C)NC(=O)N1CCC[C@H](C(=O)N(C)C2(C#N)CCC2)C1. The van der Waals surface area contributed by atoms with Gasteiger partial charge in [-0.25, -0.2) is 4.79 Å². The highest BCUT2D eigenvalue weighted by atomic mass is 16.2. The molecule has 0 radical (unpaired) electrons. The largest absolute Gasteiger partial charge is 0.336 e. The lowest BCUT2D eigenvalue weighted by Gasteiger charge is -2.45. The Kier molecular flexibility index (Phi) is 4.94. The normalized spacial score (nSPS) is 23.4. The first-order valence-electron chi connectivity index (χ1n) is 8.14. The van der Waals surface area contributed by atoms with Crippen molar-refractivity contribution in [3.63, 3.8) is 0 Å². The van der Waals surface area contributed by atoms with Crippen LogP contribution in [0.4, 0.5) is 4.79 Å². The molecule has 0 spiro atoms. The van der Waals surface area contributed by atoms with Gasteiger partial charge in [0, 0.05) is 26.2 Å². The highest BCUT2D eigenvalue weighted by Gasteiger charge is 2.45. The predicted molar refractivity (Wildman–Crippen MR) is 82.9 cm³/mol. The molecule has 6 nitrogen and oxygen atoms in total. The molecule has 2 aliphatic rings. The maximum atomic E-state index is 12.7. The maximum absolute atomic E-state index is 12.7. The molecule has 1 N–H and O–H groups in total. The van der Waals surface area contributed by atoms with Gasteiger partial charge in [-0.15, -0.1) is 0 Å². The summed E-state index contributed by atoms with van der Waals surface area (Å²) < 4.78 is 0. The van der Waals surface area contributed by atoms with Gasteiger partial charge in [-0.05, 0) is 46.0 Å². The quantitative estimate of drug-likeness (QED) is 0.862. The third kappa shape index (κ3) is 3.18. The van der Waals surface area contributed by atoms with Crippen LogP contribution in [0.25, 0.3) is 0 Å². The molecule has 0 bridgehead atoms. The molecule has 6 heteroatoms. The topological polar surface area (TPSA) is 76.4 Å². The third-order valence-corrected chi connectivity index (χ3v) is 4.83. The number of nitrogens with zero attached hydrogens (tertiary/aromatic N) is 3. The van der Waals surface area contributed by atoms with E-state index in [-0.39, 0.29) is 23.9 Å². The first kappa shape index (κ1) is 16.6. The summed E-state index contributed by atoms with van der Waals surface area (Å²) in [5.41, 5.74) is -0.612. The second kappa shape index (κ2) is 6.55. The molecule has 3 amide bonds. The molecule has 0 aromatic carbocycles. The lowest BCUT2D eigenvalue weighted by atomic mass is 9.76. The van der Waals surface area contributed by atoms with Crippen molar-refractivity contribution in [1.82, 2.24) is 15.1 Å². The minimum atomic E-state index is -0.612. The lowest BCUT2D eigenvalue weighted by Crippen LogP contribution is -2.57. The van der Waals surface area contributed by atoms with Crippen LogP contribution >= 0.6 is 0 Å². The number of carbonyl (C=O) groups excluding carboxylic acids is 2. The lowest BCUT2D eigenvalue weighted by molar-refractivity contribution is -0.142. The number of hydrogen-bond acceptors (Lipinski definition) is 3. The molecule has 2 fully saturated rings. The highest BCUT2D eigenvalue weighted by Crippen LogP contribution is 2.37. The van der Waals surface area contributed by atoms with Crippen molar-refractivity contribution < 1.29 is 9.59 Å². The van der Waals surface area contributed by atoms with Crippen LogP contribution < -0.4 is 5.32 Å². The van der Waals surface area contributed by atoms with Gasteiger partial charge in [0.25, 0.3) is 0 Å². The average molecular weight is 306 g/mol. The second-order valence-corrected chi connectivity index (χ2v) is 6.78. The van der Waals surface area contributed by atoms with E-state index in [1.54, 1.807) is 16.8 Å².